The van der Waals surface area contributed by atoms with Crippen molar-refractivity contribution in [1.29, 1.82) is 0 Å². The van der Waals surface area contributed by atoms with E-state index >= 15 is 0 Å². The van der Waals surface area contributed by atoms with Crippen LogP contribution in [0.5, 0.6) is 0 Å². The molecule has 5 rings (SSSR count). The monoisotopic (exact) mass is 398 g/mol. The van der Waals surface area contributed by atoms with E-state index in [1.54, 1.807) is 12.1 Å². The number of amides is 2. The molecular formula is C24H31FN2O2. The molecule has 5 heteroatoms. The molecule has 1 N–H and O–H groups in total. The summed E-state index contributed by atoms with van der Waals surface area (Å²) in [5.41, 5.74) is 0.400. The maximum atomic E-state index is 13.3. The van der Waals surface area contributed by atoms with E-state index in [1.165, 1.54) is 18.6 Å². The largest absolute Gasteiger partial charge is 0.339 e. The van der Waals surface area contributed by atoms with Crippen LogP contribution in [0.1, 0.15) is 64.2 Å². The van der Waals surface area contributed by atoms with Crippen molar-refractivity contribution in [1.82, 2.24) is 4.90 Å². The van der Waals surface area contributed by atoms with Gasteiger partial charge in [0.2, 0.25) is 11.8 Å². The molecule has 4 aliphatic rings. The molecule has 4 nitrogen and oxygen atoms in total. The number of nitrogens with zero attached hydrogens (tertiary/aromatic N) is 1. The Morgan fingerprint density at radius 1 is 1.00 bits per heavy atom. The predicted molar refractivity (Wildman–Crippen MR) is 110 cm³/mol. The highest BCUT2D eigenvalue weighted by atomic mass is 19.1. The van der Waals surface area contributed by atoms with Gasteiger partial charge in [0.05, 0.1) is 5.41 Å². The van der Waals surface area contributed by atoms with E-state index in [1.807, 2.05) is 0 Å². The molecule has 0 aromatic heterocycles. The van der Waals surface area contributed by atoms with Gasteiger partial charge in [-0.05, 0) is 93.9 Å². The summed E-state index contributed by atoms with van der Waals surface area (Å²) in [6.45, 7) is 0.928. The van der Waals surface area contributed by atoms with E-state index in [4.69, 9.17) is 0 Å². The van der Waals surface area contributed by atoms with Gasteiger partial charge in [0.15, 0.2) is 0 Å². The third kappa shape index (κ3) is 3.47. The van der Waals surface area contributed by atoms with Crippen LogP contribution in [0.4, 0.5) is 10.1 Å². The molecule has 2 amide bonds. The molecule has 0 radical (unpaired) electrons. The minimum absolute atomic E-state index is 0.112. The zero-order chi connectivity index (χ0) is 20.0. The molecule has 4 fully saturated rings. The van der Waals surface area contributed by atoms with Gasteiger partial charge in [-0.15, -0.1) is 0 Å². The Hall–Kier alpha value is -1.91. The number of fused-ring (bicyclic) bond motifs is 1. The second-order valence-corrected chi connectivity index (χ2v) is 9.76. The molecule has 156 valence electrons. The molecule has 1 aromatic carbocycles. The van der Waals surface area contributed by atoms with E-state index in [9.17, 15) is 14.0 Å². The number of hydrogen-bond acceptors (Lipinski definition) is 2. The summed E-state index contributed by atoms with van der Waals surface area (Å²) in [5, 5.41) is 3.06. The first-order valence-corrected chi connectivity index (χ1v) is 11.4. The molecule has 0 spiro atoms. The van der Waals surface area contributed by atoms with Crippen LogP contribution in [0.15, 0.2) is 24.3 Å². The molecule has 29 heavy (non-hydrogen) atoms. The summed E-state index contributed by atoms with van der Waals surface area (Å²) in [7, 11) is 0. The number of hydrogen-bond donors (Lipinski definition) is 1. The molecule has 3 unspecified atom stereocenters. The fourth-order valence-corrected chi connectivity index (χ4v) is 6.17. The van der Waals surface area contributed by atoms with Gasteiger partial charge in [0.25, 0.3) is 0 Å². The van der Waals surface area contributed by atoms with Crippen molar-refractivity contribution in [3.05, 3.63) is 30.1 Å². The number of likely N-dealkylation sites (tertiary alicyclic amines) is 1. The zero-order valence-corrected chi connectivity index (χ0v) is 17.0. The van der Waals surface area contributed by atoms with Crippen molar-refractivity contribution in [3.63, 3.8) is 0 Å². The van der Waals surface area contributed by atoms with Gasteiger partial charge in [0, 0.05) is 24.2 Å². The van der Waals surface area contributed by atoms with Gasteiger partial charge < -0.3 is 10.2 Å². The number of nitrogens with one attached hydrogen (secondary N) is 1. The Labute approximate surface area is 172 Å². The van der Waals surface area contributed by atoms with Crippen LogP contribution >= 0.6 is 0 Å². The average molecular weight is 399 g/mol. The topological polar surface area (TPSA) is 49.4 Å². The van der Waals surface area contributed by atoms with E-state index in [2.05, 4.69) is 10.2 Å². The molecular weight excluding hydrogens is 367 g/mol. The molecule has 3 atom stereocenters. The average Bonchev–Trinajstić information content (AvgIpc) is 3.53. The highest BCUT2D eigenvalue weighted by Gasteiger charge is 2.53. The van der Waals surface area contributed by atoms with Crippen LogP contribution < -0.4 is 5.32 Å². The molecule has 1 saturated heterocycles. The Morgan fingerprint density at radius 2 is 1.76 bits per heavy atom. The van der Waals surface area contributed by atoms with Gasteiger partial charge >= 0.3 is 0 Å². The van der Waals surface area contributed by atoms with E-state index in [0.29, 0.717) is 35.4 Å². The molecule has 1 aromatic rings. The number of halogens is 1. The number of anilines is 1. The summed E-state index contributed by atoms with van der Waals surface area (Å²) in [6, 6.07) is 6.45. The highest BCUT2D eigenvalue weighted by molar-refractivity contribution is 5.96. The molecule has 3 saturated carbocycles. The van der Waals surface area contributed by atoms with Crippen molar-refractivity contribution < 1.29 is 14.0 Å². The second kappa shape index (κ2) is 7.41. The fraction of sp³-hybridized carbons (Fsp3) is 0.667. The first kappa shape index (κ1) is 19.1. The van der Waals surface area contributed by atoms with E-state index in [-0.39, 0.29) is 17.1 Å². The number of piperidine rings is 1. The Bertz CT molecular complexity index is 785. The quantitative estimate of drug-likeness (QED) is 0.796. The maximum absolute atomic E-state index is 13.3. The molecule has 1 aliphatic heterocycles. The minimum Gasteiger partial charge on any atom is -0.339 e. The van der Waals surface area contributed by atoms with Crippen molar-refractivity contribution in [2.75, 3.05) is 11.9 Å². The zero-order valence-electron chi connectivity index (χ0n) is 17.0. The van der Waals surface area contributed by atoms with Gasteiger partial charge in [-0.3, -0.25) is 9.59 Å². The SMILES string of the molecule is O=C(C1CC1)N1CCCC2CC(C3(C(=O)Nc4ccc(F)cc4)CCC3)CCC21. The summed E-state index contributed by atoms with van der Waals surface area (Å²) in [6.07, 6.45) is 10.6. The lowest BCUT2D eigenvalue weighted by Gasteiger charge is -2.53. The van der Waals surface area contributed by atoms with Crippen LogP contribution in [0.2, 0.25) is 0 Å². The normalized spacial score (nSPS) is 30.8. The summed E-state index contributed by atoms with van der Waals surface area (Å²) in [5.74, 6) is 1.45. The van der Waals surface area contributed by atoms with Gasteiger partial charge in [-0.1, -0.05) is 6.42 Å². The second-order valence-electron chi connectivity index (χ2n) is 9.76. The van der Waals surface area contributed by atoms with Crippen LogP contribution in [0, 0.1) is 29.0 Å². The van der Waals surface area contributed by atoms with Crippen molar-refractivity contribution in [2.45, 2.75) is 70.3 Å². The smallest absolute Gasteiger partial charge is 0.230 e. The minimum atomic E-state index is -0.290. The van der Waals surface area contributed by atoms with E-state index in [0.717, 1.165) is 64.3 Å². The summed E-state index contributed by atoms with van der Waals surface area (Å²) < 4.78 is 13.2. The highest BCUT2D eigenvalue weighted by Crippen LogP contribution is 2.55. The first-order valence-electron chi connectivity index (χ1n) is 11.4. The first-order chi connectivity index (χ1) is 14.1. The fourth-order valence-electron chi connectivity index (χ4n) is 6.17. The maximum Gasteiger partial charge on any atom is 0.230 e. The van der Waals surface area contributed by atoms with E-state index < -0.39 is 0 Å². The van der Waals surface area contributed by atoms with Crippen LogP contribution in [0.3, 0.4) is 0 Å². The van der Waals surface area contributed by atoms with Crippen LogP contribution in [-0.2, 0) is 9.59 Å². The Morgan fingerprint density at radius 3 is 2.41 bits per heavy atom. The van der Waals surface area contributed by atoms with Gasteiger partial charge in [-0.2, -0.15) is 0 Å². The van der Waals surface area contributed by atoms with Crippen molar-refractivity contribution >= 4 is 17.5 Å². The number of carbonyl (C=O) groups is 2. The van der Waals surface area contributed by atoms with Crippen molar-refractivity contribution in [3.8, 4) is 0 Å². The Kier molecular flexibility index (Phi) is 4.87. The number of benzene rings is 1. The molecule has 3 aliphatic carbocycles. The lowest BCUT2D eigenvalue weighted by Crippen LogP contribution is -2.55. The summed E-state index contributed by atoms with van der Waals surface area (Å²) >= 11 is 0. The summed E-state index contributed by atoms with van der Waals surface area (Å²) in [4.78, 5) is 28.2. The number of carbonyl (C=O) groups excluding carboxylic acids is 2. The lowest BCUT2D eigenvalue weighted by molar-refractivity contribution is -0.145. The van der Waals surface area contributed by atoms with Crippen LogP contribution in [0.25, 0.3) is 0 Å². The van der Waals surface area contributed by atoms with Crippen molar-refractivity contribution in [2.24, 2.45) is 23.2 Å². The third-order valence-electron chi connectivity index (χ3n) is 8.11. The number of rotatable bonds is 4. The molecule has 0 bridgehead atoms. The third-order valence-corrected chi connectivity index (χ3v) is 8.11. The lowest BCUT2D eigenvalue weighted by atomic mass is 9.54. The predicted octanol–water partition coefficient (Wildman–Crippen LogP) is 4.75. The standard InChI is InChI=1S/C24H31FN2O2/c25-19-7-9-20(10-8-19)26-23(29)24(12-2-13-24)18-6-11-21-17(15-18)3-1-14-27(21)22(28)16-4-5-16/h7-10,16-18,21H,1-6,11-15H2,(H,26,29). The molecule has 1 heterocycles. The van der Waals surface area contributed by atoms with Crippen LogP contribution in [-0.4, -0.2) is 29.3 Å². The Balaban J connectivity index is 1.28. The van der Waals surface area contributed by atoms with Gasteiger partial charge in [0.1, 0.15) is 5.82 Å². The van der Waals surface area contributed by atoms with Gasteiger partial charge in [-0.25, -0.2) is 4.39 Å².